The molecule has 0 saturated carbocycles. The third kappa shape index (κ3) is 4.20. The zero-order valence-corrected chi connectivity index (χ0v) is 11.8. The van der Waals surface area contributed by atoms with Gasteiger partial charge in [-0.15, -0.1) is 0 Å². The van der Waals surface area contributed by atoms with Crippen LogP contribution in [0.4, 0.5) is 0 Å². The Balaban J connectivity index is 1.97. The Kier molecular flexibility index (Phi) is 5.13. The number of carbonyl (C=O) groups is 1. The van der Waals surface area contributed by atoms with Crippen LogP contribution in [0.2, 0.25) is 0 Å². The minimum absolute atomic E-state index is 0.0750. The molecule has 0 aliphatic rings. The predicted octanol–water partition coefficient (Wildman–Crippen LogP) is 1.42. The van der Waals surface area contributed by atoms with E-state index in [9.17, 15) is 4.79 Å². The van der Waals surface area contributed by atoms with Crippen molar-refractivity contribution in [1.29, 1.82) is 0 Å². The SMILES string of the molecule is CN(Cc1ccc(C#CCCO)cc1)C(=O)c1ccn[nH]1. The van der Waals surface area contributed by atoms with E-state index >= 15 is 0 Å². The number of amides is 1. The molecule has 0 radical (unpaired) electrons. The summed E-state index contributed by atoms with van der Waals surface area (Å²) in [6.45, 7) is 0.591. The van der Waals surface area contributed by atoms with Crippen LogP contribution in [0.25, 0.3) is 0 Å². The van der Waals surface area contributed by atoms with Gasteiger partial charge in [0.25, 0.3) is 5.91 Å². The van der Waals surface area contributed by atoms with Gasteiger partial charge in [0.15, 0.2) is 0 Å². The van der Waals surface area contributed by atoms with Crippen LogP contribution in [0.5, 0.6) is 0 Å². The number of rotatable bonds is 4. The molecule has 108 valence electrons. The zero-order chi connectivity index (χ0) is 15.1. The summed E-state index contributed by atoms with van der Waals surface area (Å²) in [5.41, 5.74) is 2.40. The molecule has 2 N–H and O–H groups in total. The minimum Gasteiger partial charge on any atom is -0.395 e. The second kappa shape index (κ2) is 7.27. The predicted molar refractivity (Wildman–Crippen MR) is 79.4 cm³/mol. The quantitative estimate of drug-likeness (QED) is 0.834. The lowest BCUT2D eigenvalue weighted by Gasteiger charge is -2.16. The Hall–Kier alpha value is -2.58. The van der Waals surface area contributed by atoms with E-state index in [1.54, 1.807) is 24.2 Å². The van der Waals surface area contributed by atoms with Crippen LogP contribution in [0.15, 0.2) is 36.5 Å². The number of aromatic amines is 1. The van der Waals surface area contributed by atoms with Gasteiger partial charge in [-0.25, -0.2) is 0 Å². The van der Waals surface area contributed by atoms with E-state index in [1.165, 1.54) is 0 Å². The average molecular weight is 283 g/mol. The van der Waals surface area contributed by atoms with Gasteiger partial charge in [0.1, 0.15) is 5.69 Å². The minimum atomic E-state index is -0.0979. The fourth-order valence-electron chi connectivity index (χ4n) is 1.84. The van der Waals surface area contributed by atoms with Gasteiger partial charge in [-0.05, 0) is 23.8 Å². The Morgan fingerprint density at radius 2 is 2.10 bits per heavy atom. The fraction of sp³-hybridized carbons (Fsp3) is 0.250. The molecule has 0 atom stereocenters. The Morgan fingerprint density at radius 3 is 2.71 bits per heavy atom. The molecule has 1 amide bonds. The monoisotopic (exact) mass is 283 g/mol. The highest BCUT2D eigenvalue weighted by atomic mass is 16.2. The summed E-state index contributed by atoms with van der Waals surface area (Å²) in [5.74, 6) is 5.74. The molecule has 5 heteroatoms. The van der Waals surface area contributed by atoms with Crippen molar-refractivity contribution >= 4 is 5.91 Å². The third-order valence-electron chi connectivity index (χ3n) is 2.92. The fourth-order valence-corrected chi connectivity index (χ4v) is 1.84. The number of aliphatic hydroxyl groups is 1. The molecule has 0 bridgehead atoms. The average Bonchev–Trinajstić information content (AvgIpc) is 3.02. The van der Waals surface area contributed by atoms with Crippen molar-refractivity contribution in [3.05, 3.63) is 53.3 Å². The van der Waals surface area contributed by atoms with E-state index in [0.29, 0.717) is 18.7 Å². The largest absolute Gasteiger partial charge is 0.395 e. The number of carbonyl (C=O) groups excluding carboxylic acids is 1. The summed E-state index contributed by atoms with van der Waals surface area (Å²) in [4.78, 5) is 13.7. The molecular weight excluding hydrogens is 266 g/mol. The standard InChI is InChI=1S/C16H17N3O2/c1-19(16(21)15-9-10-17-18-15)12-14-7-5-13(6-8-14)4-2-3-11-20/h5-10,20H,3,11-12H2,1H3,(H,17,18). The van der Waals surface area contributed by atoms with Gasteiger partial charge in [-0.1, -0.05) is 24.0 Å². The number of aliphatic hydroxyl groups excluding tert-OH is 1. The van der Waals surface area contributed by atoms with Crippen molar-refractivity contribution in [2.24, 2.45) is 0 Å². The smallest absolute Gasteiger partial charge is 0.271 e. The molecule has 0 fully saturated rings. The summed E-state index contributed by atoms with van der Waals surface area (Å²) < 4.78 is 0. The molecule has 2 aromatic rings. The summed E-state index contributed by atoms with van der Waals surface area (Å²) in [7, 11) is 1.75. The van der Waals surface area contributed by atoms with Crippen LogP contribution in [0.1, 0.15) is 28.0 Å². The first-order valence-electron chi connectivity index (χ1n) is 6.64. The second-order valence-corrected chi connectivity index (χ2v) is 4.60. The van der Waals surface area contributed by atoms with E-state index in [-0.39, 0.29) is 12.5 Å². The highest BCUT2D eigenvalue weighted by Crippen LogP contribution is 2.08. The van der Waals surface area contributed by atoms with Gasteiger partial charge in [0.2, 0.25) is 0 Å². The van der Waals surface area contributed by atoms with Crippen molar-refractivity contribution in [2.45, 2.75) is 13.0 Å². The molecular formula is C16H17N3O2. The topological polar surface area (TPSA) is 69.2 Å². The molecule has 5 nitrogen and oxygen atoms in total. The first-order valence-corrected chi connectivity index (χ1v) is 6.64. The van der Waals surface area contributed by atoms with Crippen molar-refractivity contribution in [1.82, 2.24) is 15.1 Å². The van der Waals surface area contributed by atoms with Gasteiger partial charge in [-0.2, -0.15) is 5.10 Å². The first-order chi connectivity index (χ1) is 10.2. The Morgan fingerprint density at radius 1 is 1.33 bits per heavy atom. The summed E-state index contributed by atoms with van der Waals surface area (Å²) >= 11 is 0. The van der Waals surface area contributed by atoms with Crippen LogP contribution in [-0.2, 0) is 6.54 Å². The van der Waals surface area contributed by atoms with Crippen molar-refractivity contribution in [3.8, 4) is 11.8 Å². The maximum absolute atomic E-state index is 12.1. The summed E-state index contributed by atoms with van der Waals surface area (Å²) in [6, 6.07) is 9.36. The van der Waals surface area contributed by atoms with Gasteiger partial charge in [0.05, 0.1) is 6.61 Å². The maximum atomic E-state index is 12.1. The lowest BCUT2D eigenvalue weighted by molar-refractivity contribution is 0.0779. The number of aromatic nitrogens is 2. The third-order valence-corrected chi connectivity index (χ3v) is 2.92. The van der Waals surface area contributed by atoms with Crippen molar-refractivity contribution in [2.75, 3.05) is 13.7 Å². The second-order valence-electron chi connectivity index (χ2n) is 4.60. The summed E-state index contributed by atoms with van der Waals surface area (Å²) in [6.07, 6.45) is 2.03. The van der Waals surface area contributed by atoms with E-state index in [4.69, 9.17) is 5.11 Å². The van der Waals surface area contributed by atoms with Crippen molar-refractivity contribution in [3.63, 3.8) is 0 Å². The molecule has 0 aliphatic carbocycles. The maximum Gasteiger partial charge on any atom is 0.271 e. The molecule has 21 heavy (non-hydrogen) atoms. The number of H-pyrrole nitrogens is 1. The van der Waals surface area contributed by atoms with E-state index in [0.717, 1.165) is 11.1 Å². The Bertz CT molecular complexity index is 636. The van der Waals surface area contributed by atoms with Gasteiger partial charge in [0, 0.05) is 31.8 Å². The lowest BCUT2D eigenvalue weighted by atomic mass is 10.1. The van der Waals surface area contributed by atoms with Crippen LogP contribution < -0.4 is 0 Å². The number of nitrogens with one attached hydrogen (secondary N) is 1. The van der Waals surface area contributed by atoms with Crippen LogP contribution >= 0.6 is 0 Å². The number of nitrogens with zero attached hydrogens (tertiary/aromatic N) is 2. The molecule has 2 rings (SSSR count). The van der Waals surface area contributed by atoms with Gasteiger partial charge >= 0.3 is 0 Å². The van der Waals surface area contributed by atoms with Crippen LogP contribution in [-0.4, -0.2) is 39.8 Å². The van der Waals surface area contributed by atoms with Crippen molar-refractivity contribution < 1.29 is 9.90 Å². The van der Waals surface area contributed by atoms with E-state index in [1.807, 2.05) is 24.3 Å². The molecule has 1 aromatic heterocycles. The molecule has 0 aliphatic heterocycles. The molecule has 0 spiro atoms. The highest BCUT2D eigenvalue weighted by Gasteiger charge is 2.12. The normalized spacial score (nSPS) is 9.81. The Labute approximate surface area is 123 Å². The number of benzene rings is 1. The number of hydrogen-bond acceptors (Lipinski definition) is 3. The molecule has 1 heterocycles. The molecule has 1 aromatic carbocycles. The van der Waals surface area contributed by atoms with E-state index < -0.39 is 0 Å². The first kappa shape index (κ1) is 14.8. The van der Waals surface area contributed by atoms with Gasteiger partial charge < -0.3 is 10.0 Å². The van der Waals surface area contributed by atoms with E-state index in [2.05, 4.69) is 22.0 Å². The highest BCUT2D eigenvalue weighted by molar-refractivity contribution is 5.91. The zero-order valence-electron chi connectivity index (χ0n) is 11.8. The molecule has 0 saturated heterocycles. The lowest BCUT2D eigenvalue weighted by Crippen LogP contribution is -2.26. The van der Waals surface area contributed by atoms with Crippen LogP contribution in [0.3, 0.4) is 0 Å². The summed E-state index contributed by atoms with van der Waals surface area (Å²) in [5, 5.41) is 15.1. The van der Waals surface area contributed by atoms with Gasteiger partial charge in [-0.3, -0.25) is 9.89 Å². The molecule has 0 unspecified atom stereocenters. The van der Waals surface area contributed by atoms with Crippen LogP contribution in [0, 0.1) is 11.8 Å². The number of hydrogen-bond donors (Lipinski definition) is 2.